The second-order valence-corrected chi connectivity index (χ2v) is 7.12. The lowest BCUT2D eigenvalue weighted by Gasteiger charge is -2.19. The fraction of sp³-hybridized carbons (Fsp3) is 0.478. The van der Waals surface area contributed by atoms with E-state index in [1.807, 2.05) is 69.0 Å². The zero-order chi connectivity index (χ0) is 21.8. The lowest BCUT2D eigenvalue weighted by atomic mass is 10.3. The molecule has 0 fully saturated rings. The Morgan fingerprint density at radius 1 is 1.17 bits per heavy atom. The summed E-state index contributed by atoms with van der Waals surface area (Å²) in [5.74, 6) is 2.48. The van der Waals surface area contributed by atoms with Gasteiger partial charge in [-0.25, -0.2) is 0 Å². The number of hydrogen-bond acceptors (Lipinski definition) is 4. The molecule has 1 aromatic carbocycles. The van der Waals surface area contributed by atoms with Gasteiger partial charge in [0.15, 0.2) is 5.96 Å². The Morgan fingerprint density at radius 3 is 2.50 bits per heavy atom. The van der Waals surface area contributed by atoms with Crippen molar-refractivity contribution in [1.29, 1.82) is 0 Å². The van der Waals surface area contributed by atoms with Gasteiger partial charge in [0, 0.05) is 44.7 Å². The Kier molecular flexibility index (Phi) is 9.77. The molecule has 0 aliphatic rings. The van der Waals surface area contributed by atoms with Crippen LogP contribution in [-0.4, -0.2) is 49.0 Å². The van der Waals surface area contributed by atoms with E-state index in [0.29, 0.717) is 31.9 Å². The molecule has 7 heteroatoms. The minimum Gasteiger partial charge on any atom is -0.491 e. The van der Waals surface area contributed by atoms with Crippen molar-refractivity contribution in [3.63, 3.8) is 0 Å². The van der Waals surface area contributed by atoms with Gasteiger partial charge in [-0.15, -0.1) is 0 Å². The highest BCUT2D eigenvalue weighted by molar-refractivity contribution is 5.94. The first-order valence-electron chi connectivity index (χ1n) is 10.6. The topological polar surface area (TPSA) is 79.1 Å². The molecule has 7 nitrogen and oxygen atoms in total. The van der Waals surface area contributed by atoms with Crippen molar-refractivity contribution >= 4 is 17.6 Å². The van der Waals surface area contributed by atoms with Crippen LogP contribution in [0.3, 0.4) is 0 Å². The van der Waals surface area contributed by atoms with Gasteiger partial charge >= 0.3 is 0 Å². The molecule has 0 aliphatic carbocycles. The van der Waals surface area contributed by atoms with Crippen LogP contribution in [0.2, 0.25) is 0 Å². The molecular formula is C23H34N4O3. The molecule has 0 unspecified atom stereocenters. The summed E-state index contributed by atoms with van der Waals surface area (Å²) in [6.07, 6.45) is 2.92. The van der Waals surface area contributed by atoms with E-state index in [-0.39, 0.29) is 12.0 Å². The normalized spacial score (nSPS) is 11.4. The van der Waals surface area contributed by atoms with E-state index in [4.69, 9.17) is 9.15 Å². The zero-order valence-corrected chi connectivity index (χ0v) is 18.5. The molecule has 2 aromatic rings. The molecule has 0 aliphatic heterocycles. The highest BCUT2D eigenvalue weighted by atomic mass is 16.5. The smallest absolute Gasteiger partial charge is 0.224 e. The lowest BCUT2D eigenvalue weighted by Crippen LogP contribution is -2.36. The van der Waals surface area contributed by atoms with Gasteiger partial charge in [-0.1, -0.05) is 0 Å². The minimum atomic E-state index is 0.132. The van der Waals surface area contributed by atoms with Crippen LogP contribution >= 0.6 is 0 Å². The SMILES string of the molecule is CCN(CC)C(=O)CCNC(=NCCc1ccco1)Nc1ccc(OC(C)C)cc1. The van der Waals surface area contributed by atoms with Gasteiger partial charge < -0.3 is 24.7 Å². The number of rotatable bonds is 11. The van der Waals surface area contributed by atoms with Gasteiger partial charge in [0.1, 0.15) is 11.5 Å². The summed E-state index contributed by atoms with van der Waals surface area (Å²) in [7, 11) is 0. The standard InChI is InChI=1S/C23H34N4O3/c1-5-27(6-2)22(28)14-16-25-23(24-15-13-20-8-7-17-29-20)26-19-9-11-21(12-10-19)30-18(3)4/h7-12,17-18H,5-6,13-16H2,1-4H3,(H2,24,25,26). The van der Waals surface area contributed by atoms with Crippen LogP contribution in [-0.2, 0) is 11.2 Å². The average Bonchev–Trinajstić information content (AvgIpc) is 3.23. The highest BCUT2D eigenvalue weighted by Gasteiger charge is 2.09. The fourth-order valence-corrected chi connectivity index (χ4v) is 2.92. The number of benzene rings is 1. The Morgan fingerprint density at radius 2 is 1.90 bits per heavy atom. The quantitative estimate of drug-likeness (QED) is 0.430. The predicted molar refractivity (Wildman–Crippen MR) is 121 cm³/mol. The van der Waals surface area contributed by atoms with Crippen LogP contribution in [0.5, 0.6) is 5.75 Å². The number of carbonyl (C=O) groups excluding carboxylic acids is 1. The van der Waals surface area contributed by atoms with Crippen LogP contribution in [0, 0.1) is 0 Å². The maximum atomic E-state index is 12.2. The first-order chi connectivity index (χ1) is 14.5. The number of furan rings is 1. The monoisotopic (exact) mass is 414 g/mol. The molecule has 30 heavy (non-hydrogen) atoms. The first kappa shape index (κ1) is 23.3. The Balaban J connectivity index is 1.96. The summed E-state index contributed by atoms with van der Waals surface area (Å²) in [5, 5.41) is 6.56. The number of hydrogen-bond donors (Lipinski definition) is 2. The maximum absolute atomic E-state index is 12.2. The third kappa shape index (κ3) is 8.19. The summed E-state index contributed by atoms with van der Waals surface area (Å²) in [4.78, 5) is 18.7. The molecule has 0 saturated heterocycles. The third-order valence-corrected chi connectivity index (χ3v) is 4.44. The second kappa shape index (κ2) is 12.6. The Hall–Kier alpha value is -2.96. The van der Waals surface area contributed by atoms with E-state index in [1.165, 1.54) is 0 Å². The minimum absolute atomic E-state index is 0.132. The molecule has 1 aromatic heterocycles. The first-order valence-corrected chi connectivity index (χ1v) is 10.6. The lowest BCUT2D eigenvalue weighted by molar-refractivity contribution is -0.130. The van der Waals surface area contributed by atoms with Crippen molar-refractivity contribution in [2.75, 3.05) is 31.5 Å². The molecule has 2 rings (SSSR count). The number of nitrogens with one attached hydrogen (secondary N) is 2. The third-order valence-electron chi connectivity index (χ3n) is 4.44. The zero-order valence-electron chi connectivity index (χ0n) is 18.5. The van der Waals surface area contributed by atoms with Gasteiger partial charge in [0.05, 0.1) is 12.4 Å². The summed E-state index contributed by atoms with van der Waals surface area (Å²) in [5.41, 5.74) is 0.894. The fourth-order valence-electron chi connectivity index (χ4n) is 2.92. The average molecular weight is 415 g/mol. The number of amides is 1. The number of nitrogens with zero attached hydrogens (tertiary/aromatic N) is 2. The van der Waals surface area contributed by atoms with E-state index in [0.717, 1.165) is 30.3 Å². The second-order valence-electron chi connectivity index (χ2n) is 7.12. The van der Waals surface area contributed by atoms with Crippen molar-refractivity contribution in [3.05, 3.63) is 48.4 Å². The molecule has 0 saturated carbocycles. The molecule has 2 N–H and O–H groups in total. The van der Waals surface area contributed by atoms with E-state index in [1.54, 1.807) is 6.26 Å². The van der Waals surface area contributed by atoms with Gasteiger partial charge in [-0.2, -0.15) is 0 Å². The maximum Gasteiger partial charge on any atom is 0.224 e. The summed E-state index contributed by atoms with van der Waals surface area (Å²) >= 11 is 0. The van der Waals surface area contributed by atoms with E-state index >= 15 is 0 Å². The van der Waals surface area contributed by atoms with Crippen LogP contribution < -0.4 is 15.4 Å². The summed E-state index contributed by atoms with van der Waals surface area (Å²) in [6, 6.07) is 11.5. The van der Waals surface area contributed by atoms with E-state index < -0.39 is 0 Å². The molecular weight excluding hydrogens is 380 g/mol. The predicted octanol–water partition coefficient (Wildman–Crippen LogP) is 3.93. The van der Waals surface area contributed by atoms with Gasteiger partial charge in [-0.05, 0) is 64.1 Å². The number of anilines is 1. The van der Waals surface area contributed by atoms with E-state index in [9.17, 15) is 4.79 Å². The molecule has 1 amide bonds. The van der Waals surface area contributed by atoms with Crippen LogP contribution in [0.25, 0.3) is 0 Å². The van der Waals surface area contributed by atoms with E-state index in [2.05, 4.69) is 15.6 Å². The van der Waals surface area contributed by atoms with Crippen molar-refractivity contribution in [2.45, 2.75) is 46.6 Å². The number of ether oxygens (including phenoxy) is 1. The number of aliphatic imine (C=N–C) groups is 1. The molecule has 164 valence electrons. The highest BCUT2D eigenvalue weighted by Crippen LogP contribution is 2.16. The molecule has 0 spiro atoms. The largest absolute Gasteiger partial charge is 0.491 e. The molecule has 0 radical (unpaired) electrons. The summed E-state index contributed by atoms with van der Waals surface area (Å²) in [6.45, 7) is 10.5. The molecule has 0 bridgehead atoms. The van der Waals surface area contributed by atoms with Crippen LogP contribution in [0.4, 0.5) is 5.69 Å². The van der Waals surface area contributed by atoms with Crippen molar-refractivity contribution in [3.8, 4) is 5.75 Å². The van der Waals surface area contributed by atoms with Crippen LogP contribution in [0.15, 0.2) is 52.1 Å². The van der Waals surface area contributed by atoms with Crippen molar-refractivity contribution in [1.82, 2.24) is 10.2 Å². The number of guanidine groups is 1. The molecule has 1 heterocycles. The Bertz CT molecular complexity index is 766. The van der Waals surface area contributed by atoms with Crippen molar-refractivity contribution < 1.29 is 13.9 Å². The Labute approximate surface area is 179 Å². The summed E-state index contributed by atoms with van der Waals surface area (Å²) < 4.78 is 11.1. The van der Waals surface area contributed by atoms with Gasteiger partial charge in [0.2, 0.25) is 5.91 Å². The van der Waals surface area contributed by atoms with Gasteiger partial charge in [-0.3, -0.25) is 9.79 Å². The number of carbonyl (C=O) groups is 1. The van der Waals surface area contributed by atoms with Crippen molar-refractivity contribution in [2.24, 2.45) is 4.99 Å². The van der Waals surface area contributed by atoms with Gasteiger partial charge in [0.25, 0.3) is 0 Å². The molecule has 0 atom stereocenters. The van der Waals surface area contributed by atoms with Crippen LogP contribution in [0.1, 0.15) is 39.9 Å².